The van der Waals surface area contributed by atoms with Gasteiger partial charge in [0.1, 0.15) is 11.9 Å². The van der Waals surface area contributed by atoms with Crippen molar-refractivity contribution in [3.63, 3.8) is 0 Å². The van der Waals surface area contributed by atoms with Crippen molar-refractivity contribution in [1.82, 2.24) is 9.88 Å². The van der Waals surface area contributed by atoms with Crippen molar-refractivity contribution in [3.8, 4) is 5.75 Å². The van der Waals surface area contributed by atoms with Crippen LogP contribution in [0.4, 0.5) is 0 Å². The summed E-state index contributed by atoms with van der Waals surface area (Å²) in [5.41, 5.74) is 2.60. The van der Waals surface area contributed by atoms with Crippen LogP contribution in [0.2, 0.25) is 0 Å². The number of hydrogen-bond donors (Lipinski definition) is 1. The molecule has 3 nitrogen and oxygen atoms in total. The van der Waals surface area contributed by atoms with Crippen molar-refractivity contribution in [2.24, 2.45) is 7.05 Å². The highest BCUT2D eigenvalue weighted by Gasteiger charge is 2.07. The summed E-state index contributed by atoms with van der Waals surface area (Å²) in [5, 5.41) is 4.80. The second kappa shape index (κ2) is 6.67. The standard InChI is InChI=1S/C19H22N2O/c1-15(22-17-8-4-3-5-9-17)12-20-13-16-14-21(2)19-11-7-6-10-18(16)19/h3-11,14-15,20H,12-13H2,1-2H3. The fourth-order valence-electron chi connectivity index (χ4n) is 2.75. The fraction of sp³-hybridized carbons (Fsp3) is 0.263. The lowest BCUT2D eigenvalue weighted by atomic mass is 10.2. The van der Waals surface area contributed by atoms with Crippen molar-refractivity contribution in [3.05, 3.63) is 66.4 Å². The summed E-state index contributed by atoms with van der Waals surface area (Å²) in [7, 11) is 2.09. The van der Waals surface area contributed by atoms with Crippen LogP contribution < -0.4 is 10.1 Å². The molecule has 1 atom stereocenters. The van der Waals surface area contributed by atoms with Crippen LogP contribution >= 0.6 is 0 Å². The third-order valence-corrected chi connectivity index (χ3v) is 3.81. The van der Waals surface area contributed by atoms with Gasteiger partial charge in [-0.05, 0) is 30.7 Å². The summed E-state index contributed by atoms with van der Waals surface area (Å²) in [6.45, 7) is 3.76. The van der Waals surface area contributed by atoms with Gasteiger partial charge in [0.05, 0.1) is 0 Å². The Labute approximate surface area is 131 Å². The van der Waals surface area contributed by atoms with E-state index in [9.17, 15) is 0 Å². The van der Waals surface area contributed by atoms with E-state index in [0.717, 1.165) is 18.8 Å². The predicted octanol–water partition coefficient (Wildman–Crippen LogP) is 3.74. The van der Waals surface area contributed by atoms with E-state index in [1.54, 1.807) is 0 Å². The first-order valence-corrected chi connectivity index (χ1v) is 7.69. The van der Waals surface area contributed by atoms with Gasteiger partial charge >= 0.3 is 0 Å². The number of nitrogens with one attached hydrogen (secondary N) is 1. The monoisotopic (exact) mass is 294 g/mol. The van der Waals surface area contributed by atoms with Gasteiger partial charge in [-0.2, -0.15) is 0 Å². The maximum atomic E-state index is 5.88. The third kappa shape index (κ3) is 3.31. The van der Waals surface area contributed by atoms with Crippen molar-refractivity contribution in [1.29, 1.82) is 0 Å². The minimum Gasteiger partial charge on any atom is -0.489 e. The van der Waals surface area contributed by atoms with Crippen LogP contribution in [0, 0.1) is 0 Å². The molecule has 1 aromatic heterocycles. The van der Waals surface area contributed by atoms with E-state index in [1.165, 1.54) is 16.5 Å². The molecule has 1 N–H and O–H groups in total. The number of rotatable bonds is 6. The van der Waals surface area contributed by atoms with Crippen LogP contribution in [0.1, 0.15) is 12.5 Å². The highest BCUT2D eigenvalue weighted by atomic mass is 16.5. The van der Waals surface area contributed by atoms with Gasteiger partial charge in [-0.25, -0.2) is 0 Å². The van der Waals surface area contributed by atoms with Gasteiger partial charge in [0.2, 0.25) is 0 Å². The van der Waals surface area contributed by atoms with E-state index in [1.807, 2.05) is 30.3 Å². The van der Waals surface area contributed by atoms with E-state index in [0.29, 0.717) is 0 Å². The molecule has 0 aliphatic rings. The Morgan fingerprint density at radius 3 is 2.59 bits per heavy atom. The number of aromatic nitrogens is 1. The van der Waals surface area contributed by atoms with Crippen molar-refractivity contribution in [2.75, 3.05) is 6.54 Å². The Balaban J connectivity index is 1.56. The fourth-order valence-corrected chi connectivity index (χ4v) is 2.75. The summed E-state index contributed by atoms with van der Waals surface area (Å²) in [6.07, 6.45) is 2.33. The Hall–Kier alpha value is -2.26. The van der Waals surface area contributed by atoms with Crippen LogP contribution in [0.5, 0.6) is 5.75 Å². The van der Waals surface area contributed by atoms with Gasteiger partial charge in [0.15, 0.2) is 0 Å². The second-order valence-corrected chi connectivity index (χ2v) is 5.65. The number of para-hydroxylation sites is 2. The molecular formula is C19H22N2O. The molecule has 22 heavy (non-hydrogen) atoms. The van der Waals surface area contributed by atoms with E-state index in [-0.39, 0.29) is 6.10 Å². The van der Waals surface area contributed by atoms with Crippen molar-refractivity contribution < 1.29 is 4.74 Å². The van der Waals surface area contributed by atoms with Crippen LogP contribution in [0.15, 0.2) is 60.8 Å². The average molecular weight is 294 g/mol. The van der Waals surface area contributed by atoms with Gasteiger partial charge in [-0.3, -0.25) is 0 Å². The first-order chi connectivity index (χ1) is 10.7. The molecule has 0 saturated carbocycles. The van der Waals surface area contributed by atoms with Crippen molar-refractivity contribution in [2.45, 2.75) is 19.6 Å². The molecule has 0 aliphatic carbocycles. The van der Waals surface area contributed by atoms with Crippen LogP contribution in [0.25, 0.3) is 10.9 Å². The molecule has 0 fully saturated rings. The number of fused-ring (bicyclic) bond motifs is 1. The Morgan fingerprint density at radius 1 is 1.05 bits per heavy atom. The highest BCUT2D eigenvalue weighted by Crippen LogP contribution is 2.20. The zero-order valence-electron chi connectivity index (χ0n) is 13.1. The molecule has 114 valence electrons. The van der Waals surface area contributed by atoms with Crippen LogP contribution in [-0.2, 0) is 13.6 Å². The number of benzene rings is 2. The summed E-state index contributed by atoms with van der Waals surface area (Å²) < 4.78 is 8.05. The lowest BCUT2D eigenvalue weighted by molar-refractivity contribution is 0.217. The van der Waals surface area contributed by atoms with E-state index in [4.69, 9.17) is 4.74 Å². The Morgan fingerprint density at radius 2 is 1.77 bits per heavy atom. The molecule has 1 heterocycles. The Bertz CT molecular complexity index is 734. The molecule has 0 radical (unpaired) electrons. The quantitative estimate of drug-likeness (QED) is 0.749. The summed E-state index contributed by atoms with van der Waals surface area (Å²) in [5.74, 6) is 0.918. The third-order valence-electron chi connectivity index (χ3n) is 3.81. The lowest BCUT2D eigenvalue weighted by Gasteiger charge is -2.15. The molecule has 0 spiro atoms. The molecule has 0 amide bonds. The normalized spacial score (nSPS) is 12.5. The molecule has 0 aliphatic heterocycles. The number of aryl methyl sites for hydroxylation is 1. The average Bonchev–Trinajstić information content (AvgIpc) is 2.85. The number of hydrogen-bond acceptors (Lipinski definition) is 2. The molecular weight excluding hydrogens is 272 g/mol. The summed E-state index contributed by atoms with van der Waals surface area (Å²) in [6, 6.07) is 18.5. The minimum absolute atomic E-state index is 0.136. The van der Waals surface area contributed by atoms with E-state index >= 15 is 0 Å². The van der Waals surface area contributed by atoms with E-state index < -0.39 is 0 Å². The summed E-state index contributed by atoms with van der Waals surface area (Å²) >= 11 is 0. The van der Waals surface area contributed by atoms with Gasteiger partial charge in [0, 0.05) is 37.2 Å². The summed E-state index contributed by atoms with van der Waals surface area (Å²) in [4.78, 5) is 0. The van der Waals surface area contributed by atoms with Gasteiger partial charge < -0.3 is 14.6 Å². The molecule has 0 saturated heterocycles. The highest BCUT2D eigenvalue weighted by molar-refractivity contribution is 5.83. The predicted molar refractivity (Wildman–Crippen MR) is 91.2 cm³/mol. The van der Waals surface area contributed by atoms with E-state index in [2.05, 4.69) is 54.3 Å². The Kier molecular flexibility index (Phi) is 4.45. The zero-order chi connectivity index (χ0) is 15.4. The SMILES string of the molecule is CC(CNCc1cn(C)c2ccccc12)Oc1ccccc1. The smallest absolute Gasteiger partial charge is 0.119 e. The number of nitrogens with zero attached hydrogens (tertiary/aromatic N) is 1. The van der Waals surface area contributed by atoms with Gasteiger partial charge in [0.25, 0.3) is 0 Å². The van der Waals surface area contributed by atoms with Crippen molar-refractivity contribution >= 4 is 10.9 Å². The molecule has 0 bridgehead atoms. The molecule has 1 unspecified atom stereocenters. The second-order valence-electron chi connectivity index (χ2n) is 5.65. The topological polar surface area (TPSA) is 26.2 Å². The molecule has 3 heteroatoms. The number of ether oxygens (including phenoxy) is 1. The maximum Gasteiger partial charge on any atom is 0.119 e. The first kappa shape index (κ1) is 14.7. The van der Waals surface area contributed by atoms with Gasteiger partial charge in [-0.15, -0.1) is 0 Å². The first-order valence-electron chi connectivity index (χ1n) is 7.69. The van der Waals surface area contributed by atoms with Crippen LogP contribution in [0.3, 0.4) is 0 Å². The molecule has 3 rings (SSSR count). The minimum atomic E-state index is 0.136. The maximum absolute atomic E-state index is 5.88. The van der Waals surface area contributed by atoms with Gasteiger partial charge in [-0.1, -0.05) is 36.4 Å². The van der Waals surface area contributed by atoms with Crippen LogP contribution in [-0.4, -0.2) is 17.2 Å². The lowest BCUT2D eigenvalue weighted by Crippen LogP contribution is -2.28. The largest absolute Gasteiger partial charge is 0.489 e. The molecule has 3 aromatic rings. The molecule has 2 aromatic carbocycles. The zero-order valence-corrected chi connectivity index (χ0v) is 13.1.